The first kappa shape index (κ1) is 16.9. The molecule has 1 fully saturated rings. The van der Waals surface area contributed by atoms with Crippen LogP contribution in [0.25, 0.3) is 16.8 Å². The SMILES string of the molecule is COc1ccc(-c2cncc(C3=COB(O)C3)n2)cc1OC1CCCC1. The molecule has 0 radical (unpaired) electrons. The molecule has 134 valence electrons. The van der Waals surface area contributed by atoms with Crippen molar-refractivity contribution in [3.63, 3.8) is 0 Å². The minimum absolute atomic E-state index is 0.249. The maximum Gasteiger partial charge on any atom is 0.527 e. The lowest BCUT2D eigenvalue weighted by molar-refractivity contribution is 0.201. The van der Waals surface area contributed by atoms with Crippen LogP contribution in [0.4, 0.5) is 0 Å². The molecule has 0 amide bonds. The highest BCUT2D eigenvalue weighted by molar-refractivity contribution is 6.47. The van der Waals surface area contributed by atoms with Crippen LogP contribution in [-0.4, -0.2) is 35.3 Å². The zero-order valence-corrected chi connectivity index (χ0v) is 14.7. The van der Waals surface area contributed by atoms with Gasteiger partial charge < -0.3 is 19.2 Å². The zero-order chi connectivity index (χ0) is 17.9. The van der Waals surface area contributed by atoms with Crippen molar-refractivity contribution in [2.24, 2.45) is 0 Å². The Kier molecular flexibility index (Phi) is 4.80. The summed E-state index contributed by atoms with van der Waals surface area (Å²) in [5.41, 5.74) is 3.19. The van der Waals surface area contributed by atoms with Crippen molar-refractivity contribution in [3.05, 3.63) is 42.5 Å². The van der Waals surface area contributed by atoms with Crippen LogP contribution in [0.15, 0.2) is 36.9 Å². The van der Waals surface area contributed by atoms with E-state index in [0.29, 0.717) is 12.0 Å². The summed E-state index contributed by atoms with van der Waals surface area (Å²) in [7, 11) is 0.845. The van der Waals surface area contributed by atoms with Crippen molar-refractivity contribution in [2.45, 2.75) is 38.1 Å². The smallest absolute Gasteiger partial charge is 0.527 e. The highest BCUT2D eigenvalue weighted by Gasteiger charge is 2.25. The van der Waals surface area contributed by atoms with Crippen molar-refractivity contribution < 1.29 is 19.2 Å². The first-order valence-electron chi connectivity index (χ1n) is 8.93. The van der Waals surface area contributed by atoms with Crippen LogP contribution in [0.2, 0.25) is 6.32 Å². The first-order chi connectivity index (χ1) is 12.7. The van der Waals surface area contributed by atoms with E-state index in [1.54, 1.807) is 25.8 Å². The molecule has 6 nitrogen and oxygen atoms in total. The number of rotatable bonds is 5. The van der Waals surface area contributed by atoms with Crippen LogP contribution < -0.4 is 9.47 Å². The standard InChI is InChI=1S/C19H21BN2O4/c1-24-18-7-6-13(8-19(18)26-15-4-2-3-5-15)16-10-21-11-17(22-16)14-9-20(23)25-12-14/h6-8,10-12,15,23H,2-5,9H2,1H3. The number of hydrogen-bond acceptors (Lipinski definition) is 6. The molecule has 4 rings (SSSR count). The van der Waals surface area contributed by atoms with Crippen LogP contribution in [-0.2, 0) is 4.65 Å². The molecule has 0 saturated heterocycles. The zero-order valence-electron chi connectivity index (χ0n) is 14.7. The van der Waals surface area contributed by atoms with Gasteiger partial charge in [-0.15, -0.1) is 0 Å². The maximum atomic E-state index is 9.52. The van der Waals surface area contributed by atoms with Crippen LogP contribution in [0.1, 0.15) is 31.4 Å². The largest absolute Gasteiger partial charge is 0.541 e. The van der Waals surface area contributed by atoms with Gasteiger partial charge in [0.15, 0.2) is 11.5 Å². The number of aromatic nitrogens is 2. The van der Waals surface area contributed by atoms with Crippen LogP contribution in [0.3, 0.4) is 0 Å². The molecule has 1 aliphatic heterocycles. The van der Waals surface area contributed by atoms with E-state index in [4.69, 9.17) is 14.1 Å². The van der Waals surface area contributed by atoms with Crippen molar-refractivity contribution >= 4 is 12.7 Å². The first-order valence-corrected chi connectivity index (χ1v) is 8.93. The van der Waals surface area contributed by atoms with Gasteiger partial charge in [0.2, 0.25) is 0 Å². The van der Waals surface area contributed by atoms with Crippen LogP contribution in [0, 0.1) is 0 Å². The molecule has 0 unspecified atom stereocenters. The van der Waals surface area contributed by atoms with Gasteiger partial charge in [-0.2, -0.15) is 0 Å². The number of hydrogen-bond donors (Lipinski definition) is 1. The lowest BCUT2D eigenvalue weighted by Gasteiger charge is -2.17. The molecule has 2 heterocycles. The summed E-state index contributed by atoms with van der Waals surface area (Å²) >= 11 is 0. The molecule has 26 heavy (non-hydrogen) atoms. The summed E-state index contributed by atoms with van der Waals surface area (Å²) in [5, 5.41) is 9.52. The summed E-state index contributed by atoms with van der Waals surface area (Å²) in [4.78, 5) is 8.96. The van der Waals surface area contributed by atoms with E-state index in [0.717, 1.165) is 41.2 Å². The summed E-state index contributed by atoms with van der Waals surface area (Å²) in [6, 6.07) is 5.80. The Morgan fingerprint density at radius 2 is 1.96 bits per heavy atom. The minimum atomic E-state index is -0.803. The summed E-state index contributed by atoms with van der Waals surface area (Å²) in [6.45, 7) is 0. The van der Waals surface area contributed by atoms with Crippen molar-refractivity contribution in [3.8, 4) is 22.8 Å². The number of allylic oxidation sites excluding steroid dienone is 1. The van der Waals surface area contributed by atoms with Gasteiger partial charge in [-0.3, -0.25) is 4.98 Å². The maximum absolute atomic E-state index is 9.52. The molecule has 1 saturated carbocycles. The van der Waals surface area contributed by atoms with E-state index in [1.165, 1.54) is 12.8 Å². The molecule has 2 aliphatic rings. The molecule has 1 aliphatic carbocycles. The minimum Gasteiger partial charge on any atom is -0.541 e. The van der Waals surface area contributed by atoms with E-state index < -0.39 is 7.12 Å². The highest BCUT2D eigenvalue weighted by atomic mass is 16.5. The van der Waals surface area contributed by atoms with Gasteiger partial charge in [-0.25, -0.2) is 4.98 Å². The molecule has 1 aromatic heterocycles. The predicted molar refractivity (Wildman–Crippen MR) is 98.7 cm³/mol. The number of methoxy groups -OCH3 is 1. The molecule has 1 aromatic carbocycles. The van der Waals surface area contributed by atoms with Gasteiger partial charge in [-0.05, 0) is 43.9 Å². The Hall–Kier alpha value is -2.54. The lowest BCUT2D eigenvalue weighted by Crippen LogP contribution is -2.11. The number of nitrogens with zero attached hydrogens (tertiary/aromatic N) is 2. The molecule has 0 atom stereocenters. The molecular weight excluding hydrogens is 331 g/mol. The lowest BCUT2D eigenvalue weighted by atomic mass is 9.83. The molecule has 0 spiro atoms. The van der Waals surface area contributed by atoms with Crippen LogP contribution >= 0.6 is 0 Å². The monoisotopic (exact) mass is 352 g/mol. The van der Waals surface area contributed by atoms with Gasteiger partial charge >= 0.3 is 7.12 Å². The van der Waals surface area contributed by atoms with Crippen LogP contribution in [0.5, 0.6) is 11.5 Å². The Bertz CT molecular complexity index is 821. The molecular formula is C19H21BN2O4. The van der Waals surface area contributed by atoms with Crippen molar-refractivity contribution in [1.82, 2.24) is 9.97 Å². The third kappa shape index (κ3) is 3.53. The van der Waals surface area contributed by atoms with E-state index in [1.807, 2.05) is 18.2 Å². The summed E-state index contributed by atoms with van der Waals surface area (Å²) in [5.74, 6) is 1.46. The molecule has 1 N–H and O–H groups in total. The Morgan fingerprint density at radius 3 is 2.69 bits per heavy atom. The van der Waals surface area contributed by atoms with E-state index in [-0.39, 0.29) is 6.10 Å². The Balaban J connectivity index is 1.63. The average molecular weight is 352 g/mol. The fourth-order valence-corrected chi connectivity index (χ4v) is 3.38. The fourth-order valence-electron chi connectivity index (χ4n) is 3.38. The molecule has 7 heteroatoms. The van der Waals surface area contributed by atoms with Gasteiger partial charge in [-0.1, -0.05) is 0 Å². The van der Waals surface area contributed by atoms with Crippen molar-refractivity contribution in [1.29, 1.82) is 0 Å². The Labute approximate surface area is 153 Å². The van der Waals surface area contributed by atoms with E-state index in [2.05, 4.69) is 9.97 Å². The Morgan fingerprint density at radius 1 is 1.15 bits per heavy atom. The second kappa shape index (κ2) is 7.37. The third-order valence-corrected chi connectivity index (χ3v) is 4.78. The normalized spacial score (nSPS) is 17.2. The second-order valence-corrected chi connectivity index (χ2v) is 6.62. The van der Waals surface area contributed by atoms with Gasteiger partial charge in [0, 0.05) is 17.5 Å². The quantitative estimate of drug-likeness (QED) is 0.832. The predicted octanol–water partition coefficient (Wildman–Crippen LogP) is 3.33. The van der Waals surface area contributed by atoms with E-state index in [9.17, 15) is 5.02 Å². The van der Waals surface area contributed by atoms with Crippen molar-refractivity contribution in [2.75, 3.05) is 7.11 Å². The van der Waals surface area contributed by atoms with E-state index >= 15 is 0 Å². The van der Waals surface area contributed by atoms with Gasteiger partial charge in [0.05, 0.1) is 43.3 Å². The fraction of sp³-hybridized carbons (Fsp3) is 0.368. The second-order valence-electron chi connectivity index (χ2n) is 6.62. The van der Waals surface area contributed by atoms with Gasteiger partial charge in [0.25, 0.3) is 0 Å². The van der Waals surface area contributed by atoms with Gasteiger partial charge in [0.1, 0.15) is 0 Å². The summed E-state index contributed by atoms with van der Waals surface area (Å²) < 4.78 is 16.7. The number of benzene rings is 1. The topological polar surface area (TPSA) is 73.7 Å². The summed E-state index contributed by atoms with van der Waals surface area (Å²) in [6.07, 6.45) is 10.2. The number of ether oxygens (including phenoxy) is 2. The molecule has 2 aromatic rings. The third-order valence-electron chi connectivity index (χ3n) is 4.78. The highest BCUT2D eigenvalue weighted by Crippen LogP contribution is 2.35. The average Bonchev–Trinajstić information content (AvgIpc) is 3.33. The molecule has 0 bridgehead atoms.